The third kappa shape index (κ3) is 5.96. The minimum absolute atomic E-state index is 0. The second kappa shape index (κ2) is 11.1. The monoisotopic (exact) mass is 476 g/mol. The van der Waals surface area contributed by atoms with Gasteiger partial charge in [-0.3, -0.25) is 4.79 Å². The highest BCUT2D eigenvalue weighted by Crippen LogP contribution is 2.19. The van der Waals surface area contributed by atoms with E-state index in [0.717, 1.165) is 43.5 Å². The largest absolute Gasteiger partial charge is 0.466 e. The Morgan fingerprint density at radius 3 is 2.65 bits per heavy atom. The molecule has 0 unspecified atom stereocenters. The number of hydrogen-bond donors (Lipinski definition) is 1. The summed E-state index contributed by atoms with van der Waals surface area (Å²) in [5.74, 6) is 2.38. The number of esters is 1. The van der Waals surface area contributed by atoms with Crippen LogP contribution in [-0.2, 0) is 23.1 Å². The number of halogens is 1. The second-order valence-electron chi connectivity index (χ2n) is 6.05. The molecule has 1 aromatic rings. The van der Waals surface area contributed by atoms with E-state index in [0.29, 0.717) is 19.7 Å². The maximum Gasteiger partial charge on any atom is 0.309 e. The number of carbonyl (C=O) groups excluding carboxylic acids is 1. The van der Waals surface area contributed by atoms with E-state index in [-0.39, 0.29) is 35.9 Å². The molecule has 1 fully saturated rings. The number of aryl methyl sites for hydroxylation is 1. The van der Waals surface area contributed by atoms with Gasteiger partial charge in [0.15, 0.2) is 11.8 Å². The van der Waals surface area contributed by atoms with Crippen molar-refractivity contribution >= 4 is 35.9 Å². The fraction of sp³-hybridized carbons (Fsp3) is 0.647. The molecule has 0 spiro atoms. The molecule has 0 amide bonds. The van der Waals surface area contributed by atoms with Crippen LogP contribution in [0.1, 0.15) is 31.4 Å². The summed E-state index contributed by atoms with van der Waals surface area (Å²) in [4.78, 5) is 18.7. The molecule has 1 saturated heterocycles. The summed E-state index contributed by atoms with van der Waals surface area (Å²) in [5.41, 5.74) is 0. The average Bonchev–Trinajstić information content (AvgIpc) is 2.94. The number of aliphatic imine (C=N–C) groups is 1. The lowest BCUT2D eigenvalue weighted by molar-refractivity contribution is -0.149. The second-order valence-corrected chi connectivity index (χ2v) is 6.05. The van der Waals surface area contributed by atoms with Crippen LogP contribution in [0, 0.1) is 12.8 Å². The van der Waals surface area contributed by atoms with Gasteiger partial charge < -0.3 is 19.5 Å². The van der Waals surface area contributed by atoms with Crippen molar-refractivity contribution in [2.45, 2.75) is 33.2 Å². The van der Waals surface area contributed by atoms with Crippen molar-refractivity contribution in [1.29, 1.82) is 0 Å². The van der Waals surface area contributed by atoms with Gasteiger partial charge in [-0.05, 0) is 26.7 Å². The fourth-order valence-corrected chi connectivity index (χ4v) is 2.75. The summed E-state index contributed by atoms with van der Waals surface area (Å²) < 4.78 is 7.06. The number of likely N-dealkylation sites (tertiary alicyclic amines) is 1. The van der Waals surface area contributed by atoms with Gasteiger partial charge in [-0.1, -0.05) is 6.08 Å². The molecule has 2 heterocycles. The number of aromatic nitrogens is 3. The fourth-order valence-electron chi connectivity index (χ4n) is 2.75. The van der Waals surface area contributed by atoms with Gasteiger partial charge in [0.1, 0.15) is 12.4 Å². The molecule has 0 aromatic carbocycles. The highest BCUT2D eigenvalue weighted by Gasteiger charge is 2.27. The van der Waals surface area contributed by atoms with E-state index >= 15 is 0 Å². The zero-order chi connectivity index (χ0) is 18.2. The van der Waals surface area contributed by atoms with E-state index < -0.39 is 0 Å². The predicted octanol–water partition coefficient (Wildman–Crippen LogP) is 1.65. The van der Waals surface area contributed by atoms with Crippen LogP contribution in [0.5, 0.6) is 0 Å². The Bertz CT molecular complexity index is 623. The van der Waals surface area contributed by atoms with Crippen molar-refractivity contribution in [3.63, 3.8) is 0 Å². The summed E-state index contributed by atoms with van der Waals surface area (Å²) in [6, 6.07) is 0. The number of rotatable bonds is 6. The van der Waals surface area contributed by atoms with Crippen LogP contribution in [0.4, 0.5) is 0 Å². The summed E-state index contributed by atoms with van der Waals surface area (Å²) >= 11 is 0. The van der Waals surface area contributed by atoms with Gasteiger partial charge in [-0.25, -0.2) is 4.99 Å². The smallest absolute Gasteiger partial charge is 0.309 e. The average molecular weight is 476 g/mol. The quantitative estimate of drug-likeness (QED) is 0.221. The zero-order valence-corrected chi connectivity index (χ0v) is 18.1. The molecular weight excluding hydrogens is 447 g/mol. The van der Waals surface area contributed by atoms with Gasteiger partial charge in [0.2, 0.25) is 0 Å². The Morgan fingerprint density at radius 1 is 1.42 bits per heavy atom. The lowest BCUT2D eigenvalue weighted by atomic mass is 9.97. The number of ether oxygens (including phenoxy) is 1. The number of piperidine rings is 1. The summed E-state index contributed by atoms with van der Waals surface area (Å²) in [6.45, 7) is 10.6. The third-order valence-corrected chi connectivity index (χ3v) is 4.37. The van der Waals surface area contributed by atoms with Crippen LogP contribution in [0.2, 0.25) is 0 Å². The Balaban J connectivity index is 0.00000338. The Hall–Kier alpha value is -1.65. The molecule has 9 heteroatoms. The van der Waals surface area contributed by atoms with E-state index in [4.69, 9.17) is 4.74 Å². The van der Waals surface area contributed by atoms with Crippen LogP contribution in [-0.4, -0.2) is 57.8 Å². The van der Waals surface area contributed by atoms with Crippen molar-refractivity contribution in [3.05, 3.63) is 24.3 Å². The Labute approximate surface area is 172 Å². The minimum Gasteiger partial charge on any atom is -0.466 e. The molecule has 0 saturated carbocycles. The molecule has 146 valence electrons. The number of nitrogens with one attached hydrogen (secondary N) is 1. The van der Waals surface area contributed by atoms with Crippen LogP contribution in [0.3, 0.4) is 0 Å². The molecule has 0 radical (unpaired) electrons. The molecule has 26 heavy (non-hydrogen) atoms. The molecule has 2 rings (SSSR count). The number of guanidine groups is 1. The van der Waals surface area contributed by atoms with E-state index in [2.05, 4.69) is 32.0 Å². The van der Waals surface area contributed by atoms with Gasteiger partial charge in [0.05, 0.1) is 12.5 Å². The number of hydrogen-bond acceptors (Lipinski definition) is 5. The molecule has 1 aliphatic heterocycles. The van der Waals surface area contributed by atoms with E-state index in [1.54, 1.807) is 6.08 Å². The summed E-state index contributed by atoms with van der Waals surface area (Å²) in [5, 5.41) is 11.5. The van der Waals surface area contributed by atoms with Crippen molar-refractivity contribution in [3.8, 4) is 0 Å². The normalized spacial score (nSPS) is 15.3. The van der Waals surface area contributed by atoms with Crippen molar-refractivity contribution in [1.82, 2.24) is 25.0 Å². The molecule has 8 nitrogen and oxygen atoms in total. The first-order valence-electron chi connectivity index (χ1n) is 8.72. The van der Waals surface area contributed by atoms with Crippen LogP contribution >= 0.6 is 24.0 Å². The molecular formula is C17H29IN6O2. The molecule has 1 N–H and O–H groups in total. The topological polar surface area (TPSA) is 84.6 Å². The van der Waals surface area contributed by atoms with Crippen molar-refractivity contribution in [2.24, 2.45) is 18.0 Å². The lowest BCUT2D eigenvalue weighted by Gasteiger charge is -2.33. The molecule has 1 aromatic heterocycles. The van der Waals surface area contributed by atoms with Crippen molar-refractivity contribution < 1.29 is 9.53 Å². The van der Waals surface area contributed by atoms with E-state index in [1.807, 2.05) is 25.5 Å². The zero-order valence-electron chi connectivity index (χ0n) is 15.8. The summed E-state index contributed by atoms with van der Waals surface area (Å²) in [7, 11) is 1.93. The van der Waals surface area contributed by atoms with E-state index in [1.165, 1.54) is 0 Å². The van der Waals surface area contributed by atoms with E-state index in [9.17, 15) is 4.79 Å². The first kappa shape index (κ1) is 22.4. The summed E-state index contributed by atoms with van der Waals surface area (Å²) in [6.07, 6.45) is 3.35. The van der Waals surface area contributed by atoms with Gasteiger partial charge >= 0.3 is 5.97 Å². The maximum absolute atomic E-state index is 11.9. The predicted molar refractivity (Wildman–Crippen MR) is 111 cm³/mol. The number of nitrogens with zero attached hydrogens (tertiary/aromatic N) is 5. The minimum atomic E-state index is -0.0887. The van der Waals surface area contributed by atoms with Gasteiger partial charge in [-0.2, -0.15) is 0 Å². The Morgan fingerprint density at radius 2 is 2.12 bits per heavy atom. The Kier molecular flexibility index (Phi) is 9.60. The first-order valence-corrected chi connectivity index (χ1v) is 8.72. The van der Waals surface area contributed by atoms with Crippen LogP contribution in [0.25, 0.3) is 0 Å². The maximum atomic E-state index is 11.9. The van der Waals surface area contributed by atoms with Crippen molar-refractivity contribution in [2.75, 3.05) is 26.2 Å². The molecule has 1 aliphatic rings. The standard InChI is InChI=1S/C17H28N6O2.HI/c1-5-9-18-17(19-12-15-21-20-13(3)22(15)4)23-10-7-14(8-11-23)16(24)25-6-2;/h5,14H,1,6-12H2,2-4H3,(H,18,19);1H. The number of carbonyl (C=O) groups is 1. The van der Waals surface area contributed by atoms with Gasteiger partial charge in [-0.15, -0.1) is 40.8 Å². The van der Waals surface area contributed by atoms with Gasteiger partial charge in [0, 0.05) is 26.7 Å². The molecule has 0 aliphatic carbocycles. The lowest BCUT2D eigenvalue weighted by Crippen LogP contribution is -2.46. The van der Waals surface area contributed by atoms with Gasteiger partial charge in [0.25, 0.3) is 0 Å². The highest BCUT2D eigenvalue weighted by molar-refractivity contribution is 14.0. The first-order chi connectivity index (χ1) is 12.1. The van der Waals surface area contributed by atoms with Crippen LogP contribution < -0.4 is 5.32 Å². The molecule has 0 atom stereocenters. The highest BCUT2D eigenvalue weighted by atomic mass is 127. The SMILES string of the molecule is C=CCNC(=NCc1nnc(C)n1C)N1CCC(C(=O)OCC)CC1.I. The molecule has 0 bridgehead atoms. The van der Waals surface area contributed by atoms with Crippen LogP contribution in [0.15, 0.2) is 17.6 Å². The third-order valence-electron chi connectivity index (χ3n) is 4.37.